The summed E-state index contributed by atoms with van der Waals surface area (Å²) >= 11 is 0. The van der Waals surface area contributed by atoms with Crippen LogP contribution in [0.3, 0.4) is 0 Å². The molecule has 0 N–H and O–H groups in total. The fourth-order valence-electron chi connectivity index (χ4n) is 0.990. The summed E-state index contributed by atoms with van der Waals surface area (Å²) in [6.07, 6.45) is -0.412. The molecule has 0 saturated carbocycles. The van der Waals surface area contributed by atoms with Crippen LogP contribution in [-0.4, -0.2) is 33.0 Å². The number of hydrogen-bond donors (Lipinski definition) is 0. The van der Waals surface area contributed by atoms with E-state index in [1.807, 2.05) is 0 Å². The number of ether oxygens (including phenoxy) is 2. The minimum absolute atomic E-state index is 0.0222. The molecule has 0 spiro atoms. The number of carbonyl (C=O) groups is 1. The topological polar surface area (TPSA) is 78.9 Å². The van der Waals surface area contributed by atoms with Crippen LogP contribution in [-0.2, 0) is 23.8 Å². The average Bonchev–Trinajstić information content (AvgIpc) is 2.02. The summed E-state index contributed by atoms with van der Waals surface area (Å²) in [6.45, 7) is 3.18. The number of rotatable bonds is 2. The molecule has 1 rings (SSSR count). The van der Waals surface area contributed by atoms with Crippen molar-refractivity contribution >= 4 is 16.3 Å². The van der Waals surface area contributed by atoms with E-state index in [-0.39, 0.29) is 12.4 Å². The lowest BCUT2D eigenvalue weighted by Crippen LogP contribution is -2.34. The zero-order valence-corrected chi connectivity index (χ0v) is 8.16. The normalized spacial score (nSPS) is 25.0. The molecule has 0 bridgehead atoms. The average molecular weight is 222 g/mol. The number of carbonyl (C=O) groups excluding carboxylic acids is 1. The molecule has 1 unspecified atom stereocenters. The fourth-order valence-corrected chi connectivity index (χ4v) is 2.13. The van der Waals surface area contributed by atoms with Crippen LogP contribution >= 0.6 is 0 Å². The first-order valence-electron chi connectivity index (χ1n) is 3.89. The maximum Gasteiger partial charge on any atom is 0.513 e. The molecule has 80 valence electrons. The summed E-state index contributed by atoms with van der Waals surface area (Å²) in [5.41, 5.74) is 0. The Morgan fingerprint density at radius 3 is 2.86 bits per heavy atom. The lowest BCUT2D eigenvalue weighted by atomic mass is 10.3. The zero-order chi connectivity index (χ0) is 10.6. The molecule has 6 nitrogen and oxygen atoms in total. The Morgan fingerprint density at radius 1 is 1.57 bits per heavy atom. The molecule has 0 aromatic rings. The van der Waals surface area contributed by atoms with E-state index < -0.39 is 22.4 Å². The maximum absolute atomic E-state index is 10.9. The molecule has 14 heavy (non-hydrogen) atoms. The van der Waals surface area contributed by atoms with Gasteiger partial charge in [0.15, 0.2) is 0 Å². The largest absolute Gasteiger partial charge is 0.513 e. The predicted octanol–water partition coefficient (Wildman–Crippen LogP) is 0.402. The van der Waals surface area contributed by atoms with Crippen LogP contribution in [0.4, 0.5) is 4.79 Å². The minimum Gasteiger partial charge on any atom is -0.429 e. The number of hydrogen-bond acceptors (Lipinski definition) is 6. The van der Waals surface area contributed by atoms with Crippen molar-refractivity contribution in [3.05, 3.63) is 12.8 Å². The van der Waals surface area contributed by atoms with E-state index in [9.17, 15) is 13.2 Å². The van der Waals surface area contributed by atoms with Crippen molar-refractivity contribution in [2.75, 3.05) is 12.4 Å². The van der Waals surface area contributed by atoms with Crippen LogP contribution in [0.5, 0.6) is 0 Å². The molecule has 0 radical (unpaired) electrons. The summed E-state index contributed by atoms with van der Waals surface area (Å²) in [6, 6.07) is 0. The molecule has 1 aliphatic rings. The quantitative estimate of drug-likeness (QED) is 0.382. The molecule has 0 aliphatic carbocycles. The fraction of sp³-hybridized carbons (Fsp3) is 0.571. The maximum atomic E-state index is 10.9. The minimum atomic E-state index is -3.55. The van der Waals surface area contributed by atoms with E-state index in [0.29, 0.717) is 6.42 Å². The second kappa shape index (κ2) is 4.43. The van der Waals surface area contributed by atoms with E-state index in [0.717, 1.165) is 6.26 Å². The van der Waals surface area contributed by atoms with Crippen molar-refractivity contribution in [1.82, 2.24) is 0 Å². The lowest BCUT2D eigenvalue weighted by molar-refractivity contribution is 0.0405. The van der Waals surface area contributed by atoms with Gasteiger partial charge < -0.3 is 9.47 Å². The third kappa shape index (κ3) is 3.35. The van der Waals surface area contributed by atoms with Gasteiger partial charge in [-0.15, -0.1) is 0 Å². The molecule has 7 heteroatoms. The molecule has 1 atom stereocenters. The summed E-state index contributed by atoms with van der Waals surface area (Å²) < 4.78 is 35.3. The third-order valence-corrected chi connectivity index (χ3v) is 2.84. The Kier molecular flexibility index (Phi) is 3.48. The van der Waals surface area contributed by atoms with Gasteiger partial charge in [-0.05, 0) is 0 Å². The van der Waals surface area contributed by atoms with E-state index in [1.165, 1.54) is 0 Å². The van der Waals surface area contributed by atoms with Gasteiger partial charge in [-0.25, -0.2) is 4.79 Å². The van der Waals surface area contributed by atoms with Crippen molar-refractivity contribution in [1.29, 1.82) is 0 Å². The van der Waals surface area contributed by atoms with E-state index in [1.54, 1.807) is 0 Å². The molecular weight excluding hydrogens is 212 g/mol. The van der Waals surface area contributed by atoms with Crippen molar-refractivity contribution < 1.29 is 26.9 Å². The zero-order valence-electron chi connectivity index (χ0n) is 7.34. The third-order valence-electron chi connectivity index (χ3n) is 1.54. The van der Waals surface area contributed by atoms with Crippen LogP contribution < -0.4 is 0 Å². The smallest absolute Gasteiger partial charge is 0.429 e. The van der Waals surface area contributed by atoms with Crippen molar-refractivity contribution in [3.8, 4) is 0 Å². The molecule has 0 aromatic heterocycles. The Morgan fingerprint density at radius 2 is 2.29 bits per heavy atom. The monoisotopic (exact) mass is 222 g/mol. The Labute approximate surface area is 81.6 Å². The molecule has 1 saturated heterocycles. The van der Waals surface area contributed by atoms with Gasteiger partial charge in [0.05, 0.1) is 12.9 Å². The summed E-state index contributed by atoms with van der Waals surface area (Å²) in [4.78, 5) is 10.8. The SMILES string of the molecule is C=COC(=O)OC1CCOS(=O)(=O)C1. The van der Waals surface area contributed by atoms with Gasteiger partial charge in [0.1, 0.15) is 11.9 Å². The van der Waals surface area contributed by atoms with E-state index >= 15 is 0 Å². The Hall–Kier alpha value is -1.08. The molecule has 0 aromatic carbocycles. The van der Waals surface area contributed by atoms with Gasteiger partial charge in [0.25, 0.3) is 10.1 Å². The van der Waals surface area contributed by atoms with Gasteiger partial charge in [-0.1, -0.05) is 6.58 Å². The van der Waals surface area contributed by atoms with Gasteiger partial charge in [-0.3, -0.25) is 4.18 Å². The molecule has 1 heterocycles. The first kappa shape index (κ1) is 11.0. The molecule has 1 aliphatic heterocycles. The molecular formula is C7H10O6S. The van der Waals surface area contributed by atoms with Gasteiger partial charge in [0.2, 0.25) is 0 Å². The lowest BCUT2D eigenvalue weighted by Gasteiger charge is -2.20. The van der Waals surface area contributed by atoms with Crippen molar-refractivity contribution in [2.24, 2.45) is 0 Å². The van der Waals surface area contributed by atoms with Crippen molar-refractivity contribution in [3.63, 3.8) is 0 Å². The van der Waals surface area contributed by atoms with Gasteiger partial charge >= 0.3 is 6.16 Å². The van der Waals surface area contributed by atoms with Crippen LogP contribution in [0.2, 0.25) is 0 Å². The van der Waals surface area contributed by atoms with Crippen LogP contribution in [0.25, 0.3) is 0 Å². The van der Waals surface area contributed by atoms with Crippen molar-refractivity contribution in [2.45, 2.75) is 12.5 Å². The summed E-state index contributed by atoms with van der Waals surface area (Å²) in [5, 5.41) is 0. The highest BCUT2D eigenvalue weighted by atomic mass is 32.2. The Bertz CT molecular complexity index is 319. The van der Waals surface area contributed by atoms with Crippen LogP contribution in [0, 0.1) is 0 Å². The second-order valence-corrected chi connectivity index (χ2v) is 4.29. The Balaban J connectivity index is 2.46. The van der Waals surface area contributed by atoms with Gasteiger partial charge in [0, 0.05) is 6.42 Å². The summed E-state index contributed by atoms with van der Waals surface area (Å²) in [5.74, 6) is -0.334. The summed E-state index contributed by atoms with van der Waals surface area (Å²) in [7, 11) is -3.55. The first-order valence-corrected chi connectivity index (χ1v) is 5.46. The standard InChI is InChI=1S/C7H10O6S/c1-2-11-7(8)13-6-3-4-12-14(9,10)5-6/h2,6H,1,3-5H2. The highest BCUT2D eigenvalue weighted by molar-refractivity contribution is 7.86. The predicted molar refractivity (Wildman–Crippen MR) is 45.9 cm³/mol. The second-order valence-electron chi connectivity index (χ2n) is 2.61. The van der Waals surface area contributed by atoms with Crippen LogP contribution in [0.15, 0.2) is 12.8 Å². The van der Waals surface area contributed by atoms with Crippen LogP contribution in [0.1, 0.15) is 6.42 Å². The highest BCUT2D eigenvalue weighted by Gasteiger charge is 2.28. The van der Waals surface area contributed by atoms with E-state index in [4.69, 9.17) is 0 Å². The van der Waals surface area contributed by atoms with E-state index in [2.05, 4.69) is 20.2 Å². The molecule has 0 amide bonds. The first-order chi connectivity index (χ1) is 6.53. The highest BCUT2D eigenvalue weighted by Crippen LogP contribution is 2.13. The van der Waals surface area contributed by atoms with Gasteiger partial charge in [-0.2, -0.15) is 8.42 Å². The molecule has 1 fully saturated rings.